The molecule has 0 amide bonds. The highest BCUT2D eigenvalue weighted by Gasteiger charge is 2.31. The Hall–Kier alpha value is -1.53. The Balaban J connectivity index is 1.78. The Morgan fingerprint density at radius 1 is 1.35 bits per heavy atom. The minimum absolute atomic E-state index is 0.173. The molecule has 1 saturated heterocycles. The van der Waals surface area contributed by atoms with Gasteiger partial charge in [0.2, 0.25) is 0 Å². The number of halogens is 3. The first-order valence-electron chi connectivity index (χ1n) is 7.76. The van der Waals surface area contributed by atoms with Crippen molar-refractivity contribution in [3.63, 3.8) is 0 Å². The summed E-state index contributed by atoms with van der Waals surface area (Å²) in [6, 6.07) is 6.51. The van der Waals surface area contributed by atoms with Crippen molar-refractivity contribution in [1.29, 1.82) is 0 Å². The highest BCUT2D eigenvalue weighted by molar-refractivity contribution is 5.28. The van der Waals surface area contributed by atoms with Crippen LogP contribution in [0.2, 0.25) is 0 Å². The van der Waals surface area contributed by atoms with Crippen LogP contribution in [-0.4, -0.2) is 36.9 Å². The van der Waals surface area contributed by atoms with Crippen LogP contribution in [-0.2, 0) is 6.54 Å². The summed E-state index contributed by atoms with van der Waals surface area (Å²) in [4.78, 5) is 2.37. The number of alkyl halides is 3. The van der Waals surface area contributed by atoms with Gasteiger partial charge < -0.3 is 10.1 Å². The second-order valence-corrected chi connectivity index (χ2v) is 6.08. The Labute approximate surface area is 135 Å². The average molecular weight is 328 g/mol. The zero-order valence-electron chi connectivity index (χ0n) is 13.3. The van der Waals surface area contributed by atoms with Crippen LogP contribution in [0.25, 0.3) is 0 Å². The number of likely N-dealkylation sites (tertiary alicyclic amines) is 1. The van der Waals surface area contributed by atoms with E-state index < -0.39 is 6.36 Å². The number of hydrogen-bond acceptors (Lipinski definition) is 3. The van der Waals surface area contributed by atoms with Crippen LogP contribution in [0.5, 0.6) is 5.75 Å². The van der Waals surface area contributed by atoms with Crippen LogP contribution in [0.1, 0.15) is 25.3 Å². The third kappa shape index (κ3) is 6.62. The van der Waals surface area contributed by atoms with Crippen molar-refractivity contribution in [2.45, 2.75) is 38.7 Å². The van der Waals surface area contributed by atoms with Gasteiger partial charge in [-0.15, -0.1) is 13.2 Å². The van der Waals surface area contributed by atoms with E-state index >= 15 is 0 Å². The van der Waals surface area contributed by atoms with E-state index in [1.54, 1.807) is 12.1 Å². The first-order valence-corrected chi connectivity index (χ1v) is 7.76. The number of nitrogens with zero attached hydrogens (tertiary/aromatic N) is 1. The number of piperidine rings is 1. The molecule has 1 N–H and O–H groups in total. The standard InChI is InChI=1S/C17H23F3N2O/c1-13(2)12-22-8-6-15(7-9-22)21-11-14-4-3-5-16(10-14)23-17(18,19)20/h3-5,10,15,21H,1,6-9,11-12H2,2H3. The maximum atomic E-state index is 12.2. The Morgan fingerprint density at radius 2 is 2.04 bits per heavy atom. The summed E-state index contributed by atoms with van der Waals surface area (Å²) in [5, 5.41) is 3.42. The molecule has 2 rings (SSSR count). The normalized spacial score (nSPS) is 17.2. The van der Waals surface area contributed by atoms with Crippen molar-refractivity contribution in [2.24, 2.45) is 0 Å². The first-order chi connectivity index (χ1) is 10.8. The molecule has 0 bridgehead atoms. The molecule has 128 valence electrons. The molecule has 1 heterocycles. The molecular formula is C17H23F3N2O. The number of ether oxygens (including phenoxy) is 1. The van der Waals surface area contributed by atoms with Gasteiger partial charge in [0.1, 0.15) is 5.75 Å². The summed E-state index contributed by atoms with van der Waals surface area (Å²) in [7, 11) is 0. The van der Waals surface area contributed by atoms with Crippen molar-refractivity contribution in [2.75, 3.05) is 19.6 Å². The Morgan fingerprint density at radius 3 is 2.65 bits per heavy atom. The van der Waals surface area contributed by atoms with Crippen LogP contribution in [0.4, 0.5) is 13.2 Å². The third-order valence-corrected chi connectivity index (χ3v) is 3.81. The fraction of sp³-hybridized carbons (Fsp3) is 0.529. The molecule has 1 fully saturated rings. The lowest BCUT2D eigenvalue weighted by Gasteiger charge is -2.32. The molecule has 0 saturated carbocycles. The van der Waals surface area contributed by atoms with E-state index in [0.717, 1.165) is 43.6 Å². The van der Waals surface area contributed by atoms with Crippen molar-refractivity contribution >= 4 is 0 Å². The third-order valence-electron chi connectivity index (χ3n) is 3.81. The number of rotatable bonds is 6. The van der Waals surface area contributed by atoms with Crippen LogP contribution in [0.15, 0.2) is 36.4 Å². The highest BCUT2D eigenvalue weighted by atomic mass is 19.4. The summed E-state index contributed by atoms with van der Waals surface area (Å²) in [5.41, 5.74) is 1.95. The molecule has 1 aliphatic heterocycles. The van der Waals surface area contributed by atoms with E-state index in [1.165, 1.54) is 12.1 Å². The molecule has 0 aliphatic carbocycles. The molecule has 1 aromatic rings. The molecule has 0 radical (unpaired) electrons. The van der Waals surface area contributed by atoms with Gasteiger partial charge in [0.15, 0.2) is 0 Å². The zero-order chi connectivity index (χ0) is 16.9. The maximum absolute atomic E-state index is 12.2. The quantitative estimate of drug-likeness (QED) is 0.806. The van der Waals surface area contributed by atoms with Crippen molar-refractivity contribution in [3.05, 3.63) is 42.0 Å². The summed E-state index contributed by atoms with van der Waals surface area (Å²) in [5.74, 6) is -0.173. The van der Waals surface area contributed by atoms with Gasteiger partial charge in [-0.2, -0.15) is 0 Å². The van der Waals surface area contributed by atoms with Crippen molar-refractivity contribution in [1.82, 2.24) is 10.2 Å². The van der Waals surface area contributed by atoms with Crippen molar-refractivity contribution in [3.8, 4) is 5.75 Å². The smallest absolute Gasteiger partial charge is 0.406 e. The number of benzene rings is 1. The van der Waals surface area contributed by atoms with E-state index in [-0.39, 0.29) is 5.75 Å². The zero-order valence-corrected chi connectivity index (χ0v) is 13.3. The van der Waals surface area contributed by atoms with E-state index in [1.807, 2.05) is 6.92 Å². The molecule has 0 spiro atoms. The number of nitrogens with one attached hydrogen (secondary N) is 1. The first kappa shape index (κ1) is 17.8. The summed E-state index contributed by atoms with van der Waals surface area (Å²) in [6.07, 6.45) is -2.58. The van der Waals surface area contributed by atoms with Crippen LogP contribution >= 0.6 is 0 Å². The van der Waals surface area contributed by atoms with Crippen LogP contribution in [0, 0.1) is 0 Å². The maximum Gasteiger partial charge on any atom is 0.573 e. The second-order valence-electron chi connectivity index (χ2n) is 6.08. The van der Waals surface area contributed by atoms with Gasteiger partial charge in [0.25, 0.3) is 0 Å². The number of hydrogen-bond donors (Lipinski definition) is 1. The van der Waals surface area contributed by atoms with E-state index in [9.17, 15) is 13.2 Å². The molecule has 3 nitrogen and oxygen atoms in total. The molecule has 0 unspecified atom stereocenters. The van der Waals surface area contributed by atoms with Gasteiger partial charge in [-0.3, -0.25) is 4.90 Å². The highest BCUT2D eigenvalue weighted by Crippen LogP contribution is 2.23. The lowest BCUT2D eigenvalue weighted by Crippen LogP contribution is -2.42. The molecule has 0 atom stereocenters. The minimum Gasteiger partial charge on any atom is -0.406 e. The van der Waals surface area contributed by atoms with Crippen LogP contribution in [0.3, 0.4) is 0 Å². The minimum atomic E-state index is -4.65. The fourth-order valence-corrected chi connectivity index (χ4v) is 2.79. The van der Waals surface area contributed by atoms with Gasteiger partial charge in [0, 0.05) is 19.1 Å². The SMILES string of the molecule is C=C(C)CN1CCC(NCc2cccc(OC(F)(F)F)c2)CC1. The fourth-order valence-electron chi connectivity index (χ4n) is 2.79. The molecule has 1 aliphatic rings. The predicted octanol–water partition coefficient (Wildman–Crippen LogP) is 3.72. The monoisotopic (exact) mass is 328 g/mol. The van der Waals surface area contributed by atoms with Gasteiger partial charge >= 0.3 is 6.36 Å². The Bertz CT molecular complexity index is 523. The van der Waals surface area contributed by atoms with E-state index in [0.29, 0.717) is 12.6 Å². The van der Waals surface area contributed by atoms with E-state index in [2.05, 4.69) is 21.5 Å². The second kappa shape index (κ2) is 7.84. The van der Waals surface area contributed by atoms with E-state index in [4.69, 9.17) is 0 Å². The summed E-state index contributed by atoms with van der Waals surface area (Å²) in [6.45, 7) is 9.46. The van der Waals surface area contributed by atoms with Crippen molar-refractivity contribution < 1.29 is 17.9 Å². The average Bonchev–Trinajstić information content (AvgIpc) is 2.44. The van der Waals surface area contributed by atoms with Crippen LogP contribution < -0.4 is 10.1 Å². The lowest BCUT2D eigenvalue weighted by molar-refractivity contribution is -0.274. The predicted molar refractivity (Wildman–Crippen MR) is 84.2 cm³/mol. The molecule has 6 heteroatoms. The van der Waals surface area contributed by atoms with Gasteiger partial charge in [-0.25, -0.2) is 0 Å². The van der Waals surface area contributed by atoms with Gasteiger partial charge in [-0.1, -0.05) is 24.3 Å². The lowest BCUT2D eigenvalue weighted by atomic mass is 10.0. The largest absolute Gasteiger partial charge is 0.573 e. The Kier molecular flexibility index (Phi) is 6.07. The molecule has 1 aromatic carbocycles. The van der Waals surface area contributed by atoms with Gasteiger partial charge in [0.05, 0.1) is 0 Å². The van der Waals surface area contributed by atoms with Gasteiger partial charge in [-0.05, 0) is 50.6 Å². The molecule has 0 aromatic heterocycles. The molecule has 23 heavy (non-hydrogen) atoms. The topological polar surface area (TPSA) is 24.5 Å². The summed E-state index contributed by atoms with van der Waals surface area (Å²) < 4.78 is 40.6. The summed E-state index contributed by atoms with van der Waals surface area (Å²) >= 11 is 0. The molecular weight excluding hydrogens is 305 g/mol.